The molecular formula is C14H14N4. The van der Waals surface area contributed by atoms with Gasteiger partial charge in [-0.2, -0.15) is 5.26 Å². The van der Waals surface area contributed by atoms with Crippen molar-refractivity contribution in [2.45, 2.75) is 6.54 Å². The van der Waals surface area contributed by atoms with E-state index in [2.05, 4.69) is 9.88 Å². The Morgan fingerprint density at radius 2 is 2.17 bits per heavy atom. The van der Waals surface area contributed by atoms with Crippen molar-refractivity contribution in [3.63, 3.8) is 0 Å². The van der Waals surface area contributed by atoms with Crippen LogP contribution in [0, 0.1) is 11.3 Å². The van der Waals surface area contributed by atoms with Crippen LogP contribution in [0.5, 0.6) is 0 Å². The van der Waals surface area contributed by atoms with Gasteiger partial charge in [-0.25, -0.2) is 4.98 Å². The molecule has 0 aliphatic rings. The van der Waals surface area contributed by atoms with E-state index in [0.717, 1.165) is 23.5 Å². The van der Waals surface area contributed by atoms with Gasteiger partial charge in [-0.15, -0.1) is 0 Å². The predicted octanol–water partition coefficient (Wildman–Crippen LogP) is 2.17. The topological polar surface area (TPSA) is 65.9 Å². The number of rotatable bonds is 3. The highest BCUT2D eigenvalue weighted by atomic mass is 15.1. The molecule has 0 saturated carbocycles. The summed E-state index contributed by atoms with van der Waals surface area (Å²) in [5.41, 5.74) is 9.02. The normalized spacial score (nSPS) is 9.78. The van der Waals surface area contributed by atoms with E-state index in [-0.39, 0.29) is 0 Å². The highest BCUT2D eigenvalue weighted by molar-refractivity contribution is 5.49. The number of nitrogens with zero attached hydrogens (tertiary/aromatic N) is 3. The van der Waals surface area contributed by atoms with Crippen LogP contribution in [0.1, 0.15) is 11.3 Å². The first-order chi connectivity index (χ1) is 8.69. The monoisotopic (exact) mass is 238 g/mol. The average molecular weight is 238 g/mol. The summed E-state index contributed by atoms with van der Waals surface area (Å²) in [6.45, 7) is 0.736. The molecule has 0 radical (unpaired) electrons. The van der Waals surface area contributed by atoms with Gasteiger partial charge in [0.1, 0.15) is 11.8 Å². The molecule has 0 spiro atoms. The summed E-state index contributed by atoms with van der Waals surface area (Å²) in [6.07, 6.45) is 1.64. The minimum Gasteiger partial charge on any atom is -0.399 e. The van der Waals surface area contributed by atoms with Gasteiger partial charge in [0.15, 0.2) is 0 Å². The molecule has 0 fully saturated rings. The lowest BCUT2D eigenvalue weighted by molar-refractivity contribution is 0.920. The Labute approximate surface area is 106 Å². The molecule has 0 aliphatic carbocycles. The third-order valence-corrected chi connectivity index (χ3v) is 2.67. The van der Waals surface area contributed by atoms with Crippen LogP contribution in [0.15, 0.2) is 42.6 Å². The Morgan fingerprint density at radius 3 is 2.89 bits per heavy atom. The van der Waals surface area contributed by atoms with Crippen molar-refractivity contribution in [3.8, 4) is 6.07 Å². The zero-order valence-electron chi connectivity index (χ0n) is 10.2. The SMILES string of the molecule is CN(Cc1cccc(N)c1)c1ccnc(C#N)c1. The molecule has 0 aliphatic heterocycles. The molecule has 1 heterocycles. The predicted molar refractivity (Wildman–Crippen MR) is 71.9 cm³/mol. The zero-order valence-corrected chi connectivity index (χ0v) is 10.2. The molecular weight excluding hydrogens is 224 g/mol. The van der Waals surface area contributed by atoms with Gasteiger partial charge >= 0.3 is 0 Å². The van der Waals surface area contributed by atoms with Crippen LogP contribution < -0.4 is 10.6 Å². The Bertz CT molecular complexity index is 586. The van der Waals surface area contributed by atoms with Gasteiger partial charge in [0.05, 0.1) is 0 Å². The first-order valence-corrected chi connectivity index (χ1v) is 5.61. The van der Waals surface area contributed by atoms with Gasteiger partial charge in [-0.1, -0.05) is 12.1 Å². The molecule has 4 nitrogen and oxygen atoms in total. The number of pyridine rings is 1. The molecule has 90 valence electrons. The summed E-state index contributed by atoms with van der Waals surface area (Å²) in [5, 5.41) is 8.82. The lowest BCUT2D eigenvalue weighted by Gasteiger charge is -2.19. The van der Waals surface area contributed by atoms with Gasteiger partial charge < -0.3 is 10.6 Å². The van der Waals surface area contributed by atoms with E-state index in [0.29, 0.717) is 5.69 Å². The summed E-state index contributed by atoms with van der Waals surface area (Å²) < 4.78 is 0. The second kappa shape index (κ2) is 5.19. The van der Waals surface area contributed by atoms with Crippen molar-refractivity contribution >= 4 is 11.4 Å². The Hall–Kier alpha value is -2.54. The number of hydrogen-bond acceptors (Lipinski definition) is 4. The zero-order chi connectivity index (χ0) is 13.0. The molecule has 4 heteroatoms. The Balaban J connectivity index is 2.17. The summed E-state index contributed by atoms with van der Waals surface area (Å²) >= 11 is 0. The number of nitrogen functional groups attached to an aromatic ring is 1. The van der Waals surface area contributed by atoms with Crippen LogP contribution in [0.25, 0.3) is 0 Å². The number of benzene rings is 1. The highest BCUT2D eigenvalue weighted by Crippen LogP contribution is 2.16. The van der Waals surface area contributed by atoms with Crippen LogP contribution in [-0.2, 0) is 6.54 Å². The Morgan fingerprint density at radius 1 is 1.33 bits per heavy atom. The number of nitrogens with two attached hydrogens (primary N) is 1. The summed E-state index contributed by atoms with van der Waals surface area (Å²) in [7, 11) is 1.97. The van der Waals surface area contributed by atoms with E-state index in [1.165, 1.54) is 0 Å². The molecule has 0 bridgehead atoms. The molecule has 18 heavy (non-hydrogen) atoms. The van der Waals surface area contributed by atoms with Crippen LogP contribution in [-0.4, -0.2) is 12.0 Å². The van der Waals surface area contributed by atoms with Gasteiger partial charge in [0.25, 0.3) is 0 Å². The van der Waals surface area contributed by atoms with E-state index >= 15 is 0 Å². The largest absolute Gasteiger partial charge is 0.399 e. The van der Waals surface area contributed by atoms with E-state index < -0.39 is 0 Å². The standard InChI is InChI=1S/C14H14N4/c1-18(10-11-3-2-4-12(16)7-11)14-5-6-17-13(8-14)9-15/h2-8H,10,16H2,1H3. The van der Waals surface area contributed by atoms with Crippen molar-refractivity contribution in [1.82, 2.24) is 4.98 Å². The van der Waals surface area contributed by atoms with Crippen molar-refractivity contribution in [2.24, 2.45) is 0 Å². The first kappa shape index (κ1) is 11.9. The molecule has 1 aromatic heterocycles. The molecule has 2 aromatic rings. The summed E-state index contributed by atoms with van der Waals surface area (Å²) in [5.74, 6) is 0. The van der Waals surface area contributed by atoms with Gasteiger partial charge in [-0.05, 0) is 29.8 Å². The van der Waals surface area contributed by atoms with Crippen LogP contribution in [0.3, 0.4) is 0 Å². The minimum atomic E-state index is 0.423. The molecule has 0 amide bonds. The summed E-state index contributed by atoms with van der Waals surface area (Å²) in [4.78, 5) is 6.01. The fraction of sp³-hybridized carbons (Fsp3) is 0.143. The highest BCUT2D eigenvalue weighted by Gasteiger charge is 2.04. The summed E-state index contributed by atoms with van der Waals surface area (Å²) in [6, 6.07) is 13.5. The average Bonchev–Trinajstić information content (AvgIpc) is 2.39. The second-order valence-corrected chi connectivity index (χ2v) is 4.11. The lowest BCUT2D eigenvalue weighted by Crippen LogP contribution is -2.16. The smallest absolute Gasteiger partial charge is 0.142 e. The maximum absolute atomic E-state index is 8.82. The van der Waals surface area contributed by atoms with Gasteiger partial charge in [0.2, 0.25) is 0 Å². The number of aromatic nitrogens is 1. The maximum Gasteiger partial charge on any atom is 0.142 e. The maximum atomic E-state index is 8.82. The Kier molecular flexibility index (Phi) is 3.44. The van der Waals surface area contributed by atoms with Crippen LogP contribution >= 0.6 is 0 Å². The van der Waals surface area contributed by atoms with E-state index in [9.17, 15) is 0 Å². The van der Waals surface area contributed by atoms with Gasteiger partial charge in [0, 0.05) is 31.2 Å². The fourth-order valence-electron chi connectivity index (χ4n) is 1.77. The first-order valence-electron chi connectivity index (χ1n) is 5.61. The van der Waals surface area contributed by atoms with Crippen LogP contribution in [0.4, 0.5) is 11.4 Å². The van der Waals surface area contributed by atoms with Crippen molar-refractivity contribution in [1.29, 1.82) is 5.26 Å². The lowest BCUT2D eigenvalue weighted by atomic mass is 10.2. The number of anilines is 2. The second-order valence-electron chi connectivity index (χ2n) is 4.11. The number of nitriles is 1. The third kappa shape index (κ3) is 2.77. The number of hydrogen-bond donors (Lipinski definition) is 1. The quantitative estimate of drug-likeness (QED) is 0.832. The molecule has 1 aromatic carbocycles. The third-order valence-electron chi connectivity index (χ3n) is 2.67. The van der Waals surface area contributed by atoms with E-state index in [1.807, 2.05) is 43.4 Å². The van der Waals surface area contributed by atoms with E-state index in [1.54, 1.807) is 12.3 Å². The van der Waals surface area contributed by atoms with Crippen molar-refractivity contribution in [3.05, 3.63) is 53.9 Å². The fourth-order valence-corrected chi connectivity index (χ4v) is 1.77. The van der Waals surface area contributed by atoms with Gasteiger partial charge in [-0.3, -0.25) is 0 Å². The molecule has 2 N–H and O–H groups in total. The molecule has 0 saturated heterocycles. The van der Waals surface area contributed by atoms with Crippen LogP contribution in [0.2, 0.25) is 0 Å². The van der Waals surface area contributed by atoms with Crippen molar-refractivity contribution < 1.29 is 0 Å². The molecule has 0 unspecified atom stereocenters. The van der Waals surface area contributed by atoms with Crippen molar-refractivity contribution in [2.75, 3.05) is 17.7 Å². The minimum absolute atomic E-state index is 0.423. The molecule has 2 rings (SSSR count). The molecule has 0 atom stereocenters. The van der Waals surface area contributed by atoms with E-state index in [4.69, 9.17) is 11.0 Å².